The van der Waals surface area contributed by atoms with Crippen LogP contribution in [0.25, 0.3) is 10.9 Å². The van der Waals surface area contributed by atoms with Crippen LogP contribution < -0.4 is 5.32 Å². The number of aromatic nitrogens is 1. The number of ether oxygens (including phenoxy) is 1. The van der Waals surface area contributed by atoms with Crippen molar-refractivity contribution in [1.29, 1.82) is 0 Å². The monoisotopic (exact) mass is 384 g/mol. The van der Waals surface area contributed by atoms with E-state index in [0.717, 1.165) is 16.6 Å². The standard InChI is InChI=1S/C20H20N2O4S/c1-13-19(15-5-2-3-6-16(15)22-13)17(23)11-26-18(24)7-4-9-21-20(25)14-8-10-27-12-14/h2-3,5-6,8,10,12,22H,4,7,9,11H2,1H3,(H,21,25). The van der Waals surface area contributed by atoms with Crippen LogP contribution in [0.5, 0.6) is 0 Å². The summed E-state index contributed by atoms with van der Waals surface area (Å²) in [6, 6.07) is 9.26. The molecule has 0 saturated heterocycles. The molecule has 0 saturated carbocycles. The first-order valence-corrected chi connectivity index (χ1v) is 9.57. The van der Waals surface area contributed by atoms with Gasteiger partial charge >= 0.3 is 5.97 Å². The minimum Gasteiger partial charge on any atom is -0.457 e. The maximum atomic E-state index is 12.4. The number of aromatic amines is 1. The lowest BCUT2D eigenvalue weighted by molar-refractivity contribution is -0.142. The molecular weight excluding hydrogens is 364 g/mol. The Labute approximate surface area is 160 Å². The summed E-state index contributed by atoms with van der Waals surface area (Å²) in [6.45, 7) is 1.91. The van der Waals surface area contributed by atoms with E-state index >= 15 is 0 Å². The van der Waals surface area contributed by atoms with Gasteiger partial charge in [0.15, 0.2) is 6.61 Å². The predicted octanol–water partition coefficient (Wildman–Crippen LogP) is 3.47. The summed E-state index contributed by atoms with van der Waals surface area (Å²) in [5, 5.41) is 7.17. The smallest absolute Gasteiger partial charge is 0.306 e. The van der Waals surface area contributed by atoms with E-state index in [1.807, 2.05) is 36.6 Å². The molecule has 27 heavy (non-hydrogen) atoms. The number of hydrogen-bond donors (Lipinski definition) is 2. The van der Waals surface area contributed by atoms with Crippen molar-refractivity contribution < 1.29 is 19.1 Å². The lowest BCUT2D eigenvalue weighted by Gasteiger charge is -2.06. The van der Waals surface area contributed by atoms with Gasteiger partial charge in [0.25, 0.3) is 5.91 Å². The molecule has 0 radical (unpaired) electrons. The van der Waals surface area contributed by atoms with Crippen LogP contribution >= 0.6 is 11.3 Å². The molecule has 0 aliphatic rings. The Morgan fingerprint density at radius 3 is 2.78 bits per heavy atom. The number of hydrogen-bond acceptors (Lipinski definition) is 5. The second-order valence-electron chi connectivity index (χ2n) is 6.13. The molecule has 2 N–H and O–H groups in total. The van der Waals surface area contributed by atoms with Crippen molar-refractivity contribution in [2.75, 3.05) is 13.2 Å². The SMILES string of the molecule is Cc1[nH]c2ccccc2c1C(=O)COC(=O)CCCNC(=O)c1ccsc1. The zero-order valence-corrected chi connectivity index (χ0v) is 15.7. The van der Waals surface area contributed by atoms with Crippen molar-refractivity contribution in [2.24, 2.45) is 0 Å². The van der Waals surface area contributed by atoms with Crippen LogP contribution in [0.2, 0.25) is 0 Å². The number of esters is 1. The summed E-state index contributed by atoms with van der Waals surface area (Å²) < 4.78 is 5.10. The quantitative estimate of drug-likeness (QED) is 0.354. The van der Waals surface area contributed by atoms with E-state index in [-0.39, 0.29) is 24.7 Å². The number of aryl methyl sites for hydroxylation is 1. The molecule has 2 aromatic heterocycles. The van der Waals surface area contributed by atoms with E-state index in [2.05, 4.69) is 10.3 Å². The number of para-hydroxylation sites is 1. The highest BCUT2D eigenvalue weighted by Gasteiger charge is 2.17. The number of H-pyrrole nitrogens is 1. The van der Waals surface area contributed by atoms with Gasteiger partial charge in [-0.2, -0.15) is 11.3 Å². The van der Waals surface area contributed by atoms with E-state index < -0.39 is 5.97 Å². The number of carbonyl (C=O) groups is 3. The number of amides is 1. The third kappa shape index (κ3) is 4.62. The molecule has 1 aromatic carbocycles. The Bertz CT molecular complexity index is 960. The molecule has 3 rings (SSSR count). The molecule has 3 aromatic rings. The first kappa shape index (κ1) is 18.8. The topological polar surface area (TPSA) is 88.3 Å². The van der Waals surface area contributed by atoms with Gasteiger partial charge < -0.3 is 15.0 Å². The summed E-state index contributed by atoms with van der Waals surface area (Å²) in [6.07, 6.45) is 0.596. The Hall–Kier alpha value is -2.93. The molecule has 0 spiro atoms. The summed E-state index contributed by atoms with van der Waals surface area (Å²) >= 11 is 1.45. The molecule has 0 aliphatic carbocycles. The van der Waals surface area contributed by atoms with Crippen LogP contribution in [0.15, 0.2) is 41.1 Å². The van der Waals surface area contributed by atoms with Gasteiger partial charge in [-0.3, -0.25) is 14.4 Å². The third-order valence-electron chi connectivity index (χ3n) is 4.16. The Morgan fingerprint density at radius 2 is 2.00 bits per heavy atom. The Balaban J connectivity index is 1.43. The number of thiophene rings is 1. The summed E-state index contributed by atoms with van der Waals surface area (Å²) in [7, 11) is 0. The number of carbonyl (C=O) groups excluding carboxylic acids is 3. The van der Waals surface area contributed by atoms with E-state index in [9.17, 15) is 14.4 Å². The third-order valence-corrected chi connectivity index (χ3v) is 4.85. The van der Waals surface area contributed by atoms with E-state index in [4.69, 9.17) is 4.74 Å². The van der Waals surface area contributed by atoms with Gasteiger partial charge in [0, 0.05) is 46.1 Å². The van der Waals surface area contributed by atoms with Crippen molar-refractivity contribution in [2.45, 2.75) is 19.8 Å². The molecule has 0 aliphatic heterocycles. The number of nitrogens with one attached hydrogen (secondary N) is 2. The van der Waals surface area contributed by atoms with Crippen molar-refractivity contribution in [3.8, 4) is 0 Å². The van der Waals surface area contributed by atoms with Gasteiger partial charge in [-0.1, -0.05) is 18.2 Å². The fraction of sp³-hybridized carbons (Fsp3) is 0.250. The number of Topliss-reactive ketones (excluding diaryl/α,β-unsaturated/α-hetero) is 1. The maximum Gasteiger partial charge on any atom is 0.306 e. The van der Waals surface area contributed by atoms with Crippen LogP contribution in [0.1, 0.15) is 39.3 Å². The second-order valence-corrected chi connectivity index (χ2v) is 6.91. The molecule has 0 fully saturated rings. The zero-order valence-electron chi connectivity index (χ0n) is 14.9. The van der Waals surface area contributed by atoms with Crippen LogP contribution in [-0.4, -0.2) is 35.8 Å². The van der Waals surface area contributed by atoms with Gasteiger partial charge in [0.2, 0.25) is 5.78 Å². The molecule has 6 nitrogen and oxygen atoms in total. The fourth-order valence-electron chi connectivity index (χ4n) is 2.86. The number of ketones is 1. The normalized spacial score (nSPS) is 10.7. The van der Waals surface area contributed by atoms with Crippen LogP contribution in [-0.2, 0) is 9.53 Å². The van der Waals surface area contributed by atoms with E-state index in [1.165, 1.54) is 11.3 Å². The first-order valence-electron chi connectivity index (χ1n) is 8.63. The molecule has 140 valence electrons. The highest BCUT2D eigenvalue weighted by atomic mass is 32.1. The van der Waals surface area contributed by atoms with Gasteiger partial charge in [-0.25, -0.2) is 0 Å². The van der Waals surface area contributed by atoms with Gasteiger partial charge in [0.1, 0.15) is 0 Å². The van der Waals surface area contributed by atoms with Crippen molar-refractivity contribution in [3.63, 3.8) is 0 Å². The Kier molecular flexibility index (Phi) is 6.03. The average molecular weight is 384 g/mol. The van der Waals surface area contributed by atoms with Crippen molar-refractivity contribution in [3.05, 3.63) is 57.9 Å². The molecule has 2 heterocycles. The van der Waals surface area contributed by atoms with Gasteiger partial charge in [-0.15, -0.1) is 0 Å². The molecule has 0 atom stereocenters. The lowest BCUT2D eigenvalue weighted by Crippen LogP contribution is -2.24. The largest absolute Gasteiger partial charge is 0.457 e. The van der Waals surface area contributed by atoms with Gasteiger partial charge in [0.05, 0.1) is 0 Å². The highest BCUT2D eigenvalue weighted by Crippen LogP contribution is 2.22. The molecule has 0 unspecified atom stereocenters. The minimum atomic E-state index is -0.453. The summed E-state index contributed by atoms with van der Waals surface area (Å²) in [5.74, 6) is -0.843. The number of fused-ring (bicyclic) bond motifs is 1. The Morgan fingerprint density at radius 1 is 1.19 bits per heavy atom. The van der Waals surface area contributed by atoms with Crippen LogP contribution in [0, 0.1) is 6.92 Å². The molecular formula is C20H20N2O4S. The minimum absolute atomic E-state index is 0.143. The predicted molar refractivity (Wildman–Crippen MR) is 104 cm³/mol. The summed E-state index contributed by atoms with van der Waals surface area (Å²) in [4.78, 5) is 39.2. The fourth-order valence-corrected chi connectivity index (χ4v) is 3.49. The molecule has 0 bridgehead atoms. The van der Waals surface area contributed by atoms with E-state index in [0.29, 0.717) is 24.1 Å². The van der Waals surface area contributed by atoms with Crippen LogP contribution in [0.4, 0.5) is 0 Å². The van der Waals surface area contributed by atoms with Gasteiger partial charge in [-0.05, 0) is 30.9 Å². The van der Waals surface area contributed by atoms with Crippen molar-refractivity contribution >= 4 is 39.9 Å². The number of rotatable bonds is 8. The molecule has 1 amide bonds. The van der Waals surface area contributed by atoms with Crippen molar-refractivity contribution in [1.82, 2.24) is 10.3 Å². The number of benzene rings is 1. The maximum absolute atomic E-state index is 12.4. The first-order chi connectivity index (χ1) is 13.1. The molecule has 7 heteroatoms. The van der Waals surface area contributed by atoms with Crippen LogP contribution in [0.3, 0.4) is 0 Å². The summed E-state index contributed by atoms with van der Waals surface area (Å²) in [5.41, 5.74) is 2.81. The average Bonchev–Trinajstić information content (AvgIpc) is 3.30. The lowest BCUT2D eigenvalue weighted by atomic mass is 10.1. The second kappa shape index (κ2) is 8.64. The van der Waals surface area contributed by atoms with E-state index in [1.54, 1.807) is 11.4 Å². The zero-order chi connectivity index (χ0) is 19.2. The highest BCUT2D eigenvalue weighted by molar-refractivity contribution is 7.08.